The molecule has 24 heavy (non-hydrogen) atoms. The van der Waals surface area contributed by atoms with Gasteiger partial charge in [-0.05, 0) is 26.0 Å². The van der Waals surface area contributed by atoms with Gasteiger partial charge in [0.2, 0.25) is 0 Å². The van der Waals surface area contributed by atoms with E-state index in [4.69, 9.17) is 5.11 Å². The lowest BCUT2D eigenvalue weighted by Crippen LogP contribution is -1.93. The van der Waals surface area contributed by atoms with E-state index in [-0.39, 0.29) is 0 Å². The third kappa shape index (κ3) is 11.9. The van der Waals surface area contributed by atoms with Crippen LogP contribution in [0.2, 0.25) is 0 Å². The molecule has 0 aliphatic carbocycles. The Balaban J connectivity index is -0.000000311. The molecule has 0 saturated carbocycles. The Morgan fingerprint density at radius 2 is 1.67 bits per heavy atom. The Labute approximate surface area is 156 Å². The molecule has 1 aromatic carbocycles. The predicted octanol–water partition coefficient (Wildman–Crippen LogP) is 6.04. The maximum absolute atomic E-state index is 7.00. The average molecular weight is 397 g/mol. The lowest BCUT2D eigenvalue weighted by Gasteiger charge is -1.95. The molecule has 0 radical (unpaired) electrons. The SMILES string of the molecule is C=C/C=C\C.C=CC.CC.CO.Cn1c(CBr)nc2ccccc21. The summed E-state index contributed by atoms with van der Waals surface area (Å²) in [7, 11) is 3.03. The summed E-state index contributed by atoms with van der Waals surface area (Å²) in [6.07, 6.45) is 7.33. The first-order chi connectivity index (χ1) is 11.7. The second-order valence-electron chi connectivity index (χ2n) is 3.88. The van der Waals surface area contributed by atoms with Gasteiger partial charge in [0.25, 0.3) is 0 Å². The van der Waals surface area contributed by atoms with Crippen molar-refractivity contribution in [2.24, 2.45) is 7.05 Å². The minimum Gasteiger partial charge on any atom is -0.400 e. The van der Waals surface area contributed by atoms with Crippen molar-refractivity contribution >= 4 is 27.0 Å². The van der Waals surface area contributed by atoms with E-state index in [0.29, 0.717) is 0 Å². The van der Waals surface area contributed by atoms with Crippen LogP contribution in [0.5, 0.6) is 0 Å². The monoisotopic (exact) mass is 396 g/mol. The molecule has 0 aliphatic rings. The molecule has 1 N–H and O–H groups in total. The second-order valence-corrected chi connectivity index (χ2v) is 4.44. The Morgan fingerprint density at radius 1 is 1.17 bits per heavy atom. The zero-order valence-corrected chi connectivity index (χ0v) is 17.5. The van der Waals surface area contributed by atoms with E-state index in [9.17, 15) is 0 Å². The van der Waals surface area contributed by atoms with Crippen LogP contribution in [0.4, 0.5) is 0 Å². The minimum absolute atomic E-state index is 0.804. The molecule has 3 nitrogen and oxygen atoms in total. The summed E-state index contributed by atoms with van der Waals surface area (Å²) in [5.41, 5.74) is 2.25. The fourth-order valence-corrected chi connectivity index (χ4v) is 1.95. The van der Waals surface area contributed by atoms with Crippen LogP contribution in [-0.2, 0) is 12.4 Å². The van der Waals surface area contributed by atoms with E-state index < -0.39 is 0 Å². The van der Waals surface area contributed by atoms with Crippen LogP contribution in [0.1, 0.15) is 33.5 Å². The molecule has 0 unspecified atom stereocenters. The number of fused-ring (bicyclic) bond motifs is 1. The standard InChI is InChI=1S/C9H9BrN2.C5H8.C3H6.C2H6.CH4O/c1-12-8-5-3-2-4-7(8)11-9(12)6-10;1-3-5-4-2;1-3-2;2*1-2/h2-5H,6H2,1H3;3-5H,1H2,2H3;3H,1H2,2H3;1-2H3;2H,1H3/b;5-4-;;;. The summed E-state index contributed by atoms with van der Waals surface area (Å²) in [6.45, 7) is 14.7. The largest absolute Gasteiger partial charge is 0.400 e. The molecule has 0 saturated heterocycles. The van der Waals surface area contributed by atoms with Gasteiger partial charge in [0.15, 0.2) is 0 Å². The van der Waals surface area contributed by atoms with E-state index >= 15 is 0 Å². The number of aromatic nitrogens is 2. The molecule has 0 aliphatic heterocycles. The lowest BCUT2D eigenvalue weighted by atomic mass is 10.3. The highest BCUT2D eigenvalue weighted by Crippen LogP contribution is 2.15. The van der Waals surface area contributed by atoms with E-state index in [2.05, 4.69) is 44.7 Å². The van der Waals surface area contributed by atoms with Crippen molar-refractivity contribution in [3.05, 3.63) is 67.6 Å². The molecule has 136 valence electrons. The third-order valence-electron chi connectivity index (χ3n) is 2.33. The zero-order valence-electron chi connectivity index (χ0n) is 16.0. The molecule has 2 rings (SSSR count). The van der Waals surface area contributed by atoms with Gasteiger partial charge in [-0.1, -0.05) is 72.8 Å². The third-order valence-corrected chi connectivity index (χ3v) is 2.83. The van der Waals surface area contributed by atoms with Gasteiger partial charge in [0, 0.05) is 14.2 Å². The Bertz CT molecular complexity index is 560. The highest BCUT2D eigenvalue weighted by atomic mass is 79.9. The van der Waals surface area contributed by atoms with Crippen LogP contribution in [0, 0.1) is 0 Å². The van der Waals surface area contributed by atoms with Gasteiger partial charge in [-0.3, -0.25) is 0 Å². The first-order valence-electron chi connectivity index (χ1n) is 7.87. The minimum atomic E-state index is 0.804. The van der Waals surface area contributed by atoms with Crippen LogP contribution in [0.3, 0.4) is 0 Å². The van der Waals surface area contributed by atoms with E-state index in [1.54, 1.807) is 12.2 Å². The van der Waals surface area contributed by atoms with Crippen molar-refractivity contribution in [3.63, 3.8) is 0 Å². The van der Waals surface area contributed by atoms with Gasteiger partial charge < -0.3 is 9.67 Å². The van der Waals surface area contributed by atoms with Gasteiger partial charge >= 0.3 is 0 Å². The van der Waals surface area contributed by atoms with Crippen LogP contribution in [0.25, 0.3) is 11.0 Å². The van der Waals surface area contributed by atoms with Gasteiger partial charge in [-0.15, -0.1) is 6.58 Å². The molecule has 0 bridgehead atoms. The summed E-state index contributed by atoms with van der Waals surface area (Å²) >= 11 is 3.40. The quantitative estimate of drug-likeness (QED) is 0.381. The zero-order chi connectivity index (χ0) is 19.4. The van der Waals surface area contributed by atoms with Crippen molar-refractivity contribution in [1.82, 2.24) is 9.55 Å². The number of allylic oxidation sites excluding steroid dienone is 4. The van der Waals surface area contributed by atoms with Crippen molar-refractivity contribution in [2.45, 2.75) is 33.0 Å². The van der Waals surface area contributed by atoms with Crippen LogP contribution in [0.15, 0.2) is 61.7 Å². The lowest BCUT2D eigenvalue weighted by molar-refractivity contribution is 0.399. The maximum Gasteiger partial charge on any atom is 0.120 e. The molecule has 4 heteroatoms. The number of nitrogens with zero attached hydrogens (tertiary/aromatic N) is 2. The van der Waals surface area contributed by atoms with Crippen LogP contribution in [-0.4, -0.2) is 21.8 Å². The van der Waals surface area contributed by atoms with Gasteiger partial charge in [0.1, 0.15) is 5.82 Å². The van der Waals surface area contributed by atoms with Gasteiger partial charge in [-0.25, -0.2) is 4.98 Å². The van der Waals surface area contributed by atoms with E-state index in [1.165, 1.54) is 5.52 Å². The van der Waals surface area contributed by atoms with Crippen LogP contribution >= 0.6 is 15.9 Å². The molecule has 0 amide bonds. The average Bonchev–Trinajstić information content (AvgIpc) is 2.97. The summed E-state index contributed by atoms with van der Waals surface area (Å²) in [5, 5.41) is 7.80. The summed E-state index contributed by atoms with van der Waals surface area (Å²) in [5.74, 6) is 1.07. The topological polar surface area (TPSA) is 38.0 Å². The van der Waals surface area contributed by atoms with Crippen molar-refractivity contribution < 1.29 is 5.11 Å². The van der Waals surface area contributed by atoms with Crippen molar-refractivity contribution in [2.75, 3.05) is 7.11 Å². The number of aliphatic hydroxyl groups excluding tert-OH is 1. The number of hydrogen-bond donors (Lipinski definition) is 1. The summed E-state index contributed by atoms with van der Waals surface area (Å²) in [4.78, 5) is 4.45. The molecule has 0 spiro atoms. The number of hydrogen-bond acceptors (Lipinski definition) is 2. The predicted molar refractivity (Wildman–Crippen MR) is 114 cm³/mol. The van der Waals surface area contributed by atoms with Crippen molar-refractivity contribution in [1.29, 1.82) is 0 Å². The van der Waals surface area contributed by atoms with Gasteiger partial charge in [-0.2, -0.15) is 0 Å². The smallest absolute Gasteiger partial charge is 0.120 e. The first kappa shape index (κ1) is 27.2. The molecule has 1 heterocycles. The molecular formula is C20H33BrN2O. The maximum atomic E-state index is 7.00. The number of rotatable bonds is 2. The van der Waals surface area contributed by atoms with Gasteiger partial charge in [0.05, 0.1) is 16.4 Å². The normalized spacial score (nSPS) is 8.33. The number of imidazole rings is 1. The molecule has 2 aromatic rings. The Morgan fingerprint density at radius 3 is 2.00 bits per heavy atom. The molecule has 1 aromatic heterocycles. The number of para-hydroxylation sites is 2. The number of aryl methyl sites for hydroxylation is 1. The fourth-order valence-electron chi connectivity index (χ4n) is 1.45. The molecule has 0 fully saturated rings. The first-order valence-corrected chi connectivity index (χ1v) is 9.00. The number of alkyl halides is 1. The second kappa shape index (κ2) is 21.4. The molecule has 0 atom stereocenters. The number of aliphatic hydroxyl groups is 1. The van der Waals surface area contributed by atoms with E-state index in [0.717, 1.165) is 23.8 Å². The number of benzene rings is 1. The Hall–Kier alpha value is -1.65. The molecular weight excluding hydrogens is 364 g/mol. The van der Waals surface area contributed by atoms with Crippen molar-refractivity contribution in [3.8, 4) is 0 Å². The highest BCUT2D eigenvalue weighted by molar-refractivity contribution is 9.08. The Kier molecular flexibility index (Phi) is 24.2. The summed E-state index contributed by atoms with van der Waals surface area (Å²) < 4.78 is 2.10. The van der Waals surface area contributed by atoms with Crippen LogP contribution < -0.4 is 0 Å². The number of halogens is 1. The fraction of sp³-hybridized carbons (Fsp3) is 0.350. The van der Waals surface area contributed by atoms with E-state index in [1.807, 2.05) is 65.1 Å². The highest BCUT2D eigenvalue weighted by Gasteiger charge is 2.03. The summed E-state index contributed by atoms with van der Waals surface area (Å²) in [6, 6.07) is 8.14.